The highest BCUT2D eigenvalue weighted by Gasteiger charge is 2.15. The van der Waals surface area contributed by atoms with E-state index in [1.165, 1.54) is 37.8 Å². The maximum atomic E-state index is 12.0. The van der Waals surface area contributed by atoms with Crippen LogP contribution < -0.4 is 5.32 Å². The molecule has 3 heterocycles. The van der Waals surface area contributed by atoms with E-state index in [2.05, 4.69) is 16.3 Å². The highest BCUT2D eigenvalue weighted by molar-refractivity contribution is 5.93. The van der Waals surface area contributed by atoms with Crippen LogP contribution in [0.15, 0.2) is 23.5 Å². The van der Waals surface area contributed by atoms with Gasteiger partial charge in [-0.25, -0.2) is 0 Å². The summed E-state index contributed by atoms with van der Waals surface area (Å²) in [5.74, 6) is 0.106. The summed E-state index contributed by atoms with van der Waals surface area (Å²) in [5.41, 5.74) is 2.25. The van der Waals surface area contributed by atoms with Crippen molar-refractivity contribution in [3.8, 4) is 0 Å². The van der Waals surface area contributed by atoms with Gasteiger partial charge in [-0.2, -0.15) is 0 Å². The lowest BCUT2D eigenvalue weighted by atomic mass is 10.0. The quantitative estimate of drug-likeness (QED) is 0.715. The van der Waals surface area contributed by atoms with E-state index in [4.69, 9.17) is 0 Å². The topological polar surface area (TPSA) is 32.3 Å². The maximum Gasteiger partial charge on any atom is 0.248 e. The molecule has 0 fully saturated rings. The summed E-state index contributed by atoms with van der Waals surface area (Å²) >= 11 is 0. The van der Waals surface area contributed by atoms with Gasteiger partial charge >= 0.3 is 0 Å². The van der Waals surface area contributed by atoms with Crippen LogP contribution in [0.25, 0.3) is 0 Å². The molecule has 0 radical (unpaired) electrons. The number of amides is 1. The second-order valence-electron chi connectivity index (χ2n) is 5.29. The Bertz CT molecular complexity index is 358. The number of fused-ring (bicyclic) bond motifs is 11. The molecule has 3 rings (SSSR count). The van der Waals surface area contributed by atoms with Gasteiger partial charge in [0.15, 0.2) is 0 Å². The molecule has 0 saturated heterocycles. The second-order valence-corrected chi connectivity index (χ2v) is 5.29. The second kappa shape index (κ2) is 6.62. The molecule has 3 aliphatic heterocycles. The van der Waals surface area contributed by atoms with Gasteiger partial charge in [0.1, 0.15) is 0 Å². The lowest BCUT2D eigenvalue weighted by Crippen LogP contribution is -2.28. The Hall–Kier alpha value is -1.25. The Balaban J connectivity index is 2.00. The highest BCUT2D eigenvalue weighted by Crippen LogP contribution is 2.22. The Morgan fingerprint density at radius 3 is 2.61 bits per heavy atom. The summed E-state index contributed by atoms with van der Waals surface area (Å²) < 4.78 is 0. The Kier molecular flexibility index (Phi) is 4.85. The van der Waals surface area contributed by atoms with Gasteiger partial charge in [0.2, 0.25) is 5.91 Å². The zero-order chi connectivity index (χ0) is 12.8. The van der Waals surface area contributed by atoms with E-state index in [1.807, 2.05) is 13.2 Å². The highest BCUT2D eigenvalue weighted by atomic mass is 16.1. The minimum absolute atomic E-state index is 0.106. The third-order valence-electron chi connectivity index (χ3n) is 3.80. The van der Waals surface area contributed by atoms with E-state index in [1.54, 1.807) is 0 Å². The molecule has 0 aromatic carbocycles. The number of hydrogen-bond acceptors (Lipinski definition) is 2. The lowest BCUT2D eigenvalue weighted by Gasteiger charge is -2.24. The van der Waals surface area contributed by atoms with Crippen molar-refractivity contribution in [2.75, 3.05) is 13.6 Å². The van der Waals surface area contributed by atoms with E-state index in [0.717, 1.165) is 31.4 Å². The number of rotatable bonds is 0. The van der Waals surface area contributed by atoms with Crippen molar-refractivity contribution in [2.24, 2.45) is 0 Å². The number of nitrogens with one attached hydrogen (secondary N) is 1. The van der Waals surface area contributed by atoms with Crippen LogP contribution in [0, 0.1) is 0 Å². The molecule has 0 aromatic rings. The zero-order valence-corrected chi connectivity index (χ0v) is 11.4. The average Bonchev–Trinajstić information content (AvgIpc) is 2.37. The van der Waals surface area contributed by atoms with E-state index < -0.39 is 0 Å². The molecule has 0 atom stereocenters. The van der Waals surface area contributed by atoms with Crippen molar-refractivity contribution in [1.82, 2.24) is 10.2 Å². The van der Waals surface area contributed by atoms with Gasteiger partial charge in [-0.3, -0.25) is 4.79 Å². The van der Waals surface area contributed by atoms with Crippen LogP contribution >= 0.6 is 0 Å². The minimum atomic E-state index is 0.106. The van der Waals surface area contributed by atoms with E-state index in [-0.39, 0.29) is 5.91 Å². The number of nitrogens with zero attached hydrogens (tertiary/aromatic N) is 1. The van der Waals surface area contributed by atoms with Gasteiger partial charge in [-0.1, -0.05) is 31.8 Å². The first-order valence-corrected chi connectivity index (χ1v) is 7.18. The van der Waals surface area contributed by atoms with Gasteiger partial charge in [0.05, 0.1) is 0 Å². The largest absolute Gasteiger partial charge is 0.354 e. The number of hydrogen-bond donors (Lipinski definition) is 1. The van der Waals surface area contributed by atoms with Gasteiger partial charge < -0.3 is 10.2 Å². The zero-order valence-electron chi connectivity index (χ0n) is 11.4. The fourth-order valence-corrected chi connectivity index (χ4v) is 2.62. The van der Waals surface area contributed by atoms with Crippen LogP contribution in [0.4, 0.5) is 0 Å². The molecule has 2 bridgehead atoms. The van der Waals surface area contributed by atoms with Crippen LogP contribution in [0.1, 0.15) is 51.4 Å². The fraction of sp³-hybridized carbons (Fsp3) is 0.667. The van der Waals surface area contributed by atoms with Crippen molar-refractivity contribution in [2.45, 2.75) is 51.4 Å². The molecule has 3 heteroatoms. The maximum absolute atomic E-state index is 12.0. The predicted molar refractivity (Wildman–Crippen MR) is 73.9 cm³/mol. The standard InChI is InChI=1S/C15H24N2O/c1-17-12-13-9-10-14(17)8-6-4-2-3-5-7-11-16-15(13)18/h10,12H,2-9,11H2,1H3,(H,16,18). The molecular formula is C15H24N2O. The summed E-state index contributed by atoms with van der Waals surface area (Å²) in [6.45, 7) is 0.816. The summed E-state index contributed by atoms with van der Waals surface area (Å²) in [4.78, 5) is 14.1. The molecule has 0 saturated carbocycles. The van der Waals surface area contributed by atoms with Crippen LogP contribution in [-0.2, 0) is 4.79 Å². The number of carbonyl (C=O) groups is 1. The first kappa shape index (κ1) is 13.2. The molecule has 0 aliphatic carbocycles. The van der Waals surface area contributed by atoms with Crippen molar-refractivity contribution >= 4 is 5.91 Å². The summed E-state index contributed by atoms with van der Waals surface area (Å²) in [6.07, 6.45) is 13.7. The molecule has 0 spiro atoms. The Morgan fingerprint density at radius 2 is 1.83 bits per heavy atom. The third-order valence-corrected chi connectivity index (χ3v) is 3.80. The Labute approximate surface area is 110 Å². The molecule has 0 unspecified atom stereocenters. The van der Waals surface area contributed by atoms with Crippen LogP contribution in [-0.4, -0.2) is 24.4 Å². The first-order valence-electron chi connectivity index (χ1n) is 7.18. The lowest BCUT2D eigenvalue weighted by molar-refractivity contribution is -0.117. The van der Waals surface area contributed by atoms with Crippen LogP contribution in [0.2, 0.25) is 0 Å². The fourth-order valence-electron chi connectivity index (χ4n) is 2.62. The summed E-state index contributed by atoms with van der Waals surface area (Å²) in [7, 11) is 2.05. The number of carbonyl (C=O) groups excluding carboxylic acids is 1. The summed E-state index contributed by atoms with van der Waals surface area (Å²) in [5, 5.41) is 3.02. The van der Waals surface area contributed by atoms with Crippen molar-refractivity contribution < 1.29 is 4.79 Å². The summed E-state index contributed by atoms with van der Waals surface area (Å²) in [6, 6.07) is 0. The molecule has 1 N–H and O–H groups in total. The van der Waals surface area contributed by atoms with Gasteiger partial charge in [0.25, 0.3) is 0 Å². The number of allylic oxidation sites excluding steroid dienone is 2. The van der Waals surface area contributed by atoms with Crippen molar-refractivity contribution in [3.05, 3.63) is 23.5 Å². The molecule has 1 amide bonds. The predicted octanol–water partition coefficient (Wildman–Crippen LogP) is 2.95. The van der Waals surface area contributed by atoms with E-state index >= 15 is 0 Å². The molecule has 0 aromatic heterocycles. The van der Waals surface area contributed by atoms with Crippen molar-refractivity contribution in [1.29, 1.82) is 0 Å². The molecule has 18 heavy (non-hydrogen) atoms. The van der Waals surface area contributed by atoms with Crippen LogP contribution in [0.5, 0.6) is 0 Å². The first-order chi connectivity index (χ1) is 8.77. The minimum Gasteiger partial charge on any atom is -0.354 e. The van der Waals surface area contributed by atoms with E-state index in [9.17, 15) is 4.79 Å². The van der Waals surface area contributed by atoms with Gasteiger partial charge in [-0.05, 0) is 25.7 Å². The molecule has 100 valence electrons. The van der Waals surface area contributed by atoms with E-state index in [0.29, 0.717) is 0 Å². The SMILES string of the molecule is CN1C=C2CC=C1CCCCCCCCNC2=O. The monoisotopic (exact) mass is 248 g/mol. The van der Waals surface area contributed by atoms with Gasteiger partial charge in [0, 0.05) is 31.1 Å². The smallest absolute Gasteiger partial charge is 0.248 e. The van der Waals surface area contributed by atoms with Crippen molar-refractivity contribution in [3.63, 3.8) is 0 Å². The molecule has 3 aliphatic rings. The molecule has 3 nitrogen and oxygen atoms in total. The Morgan fingerprint density at radius 1 is 1.11 bits per heavy atom. The normalized spacial score (nSPS) is 22.9. The average molecular weight is 248 g/mol. The molecular weight excluding hydrogens is 224 g/mol. The third kappa shape index (κ3) is 3.62. The van der Waals surface area contributed by atoms with Crippen LogP contribution in [0.3, 0.4) is 0 Å². The van der Waals surface area contributed by atoms with Gasteiger partial charge in [-0.15, -0.1) is 0 Å².